The van der Waals surface area contributed by atoms with Crippen LogP contribution in [0.4, 0.5) is 0 Å². The van der Waals surface area contributed by atoms with Crippen molar-refractivity contribution in [3.05, 3.63) is 39.8 Å². The molecule has 1 amide bonds. The number of fused-ring (bicyclic) bond motifs is 1. The van der Waals surface area contributed by atoms with Crippen molar-refractivity contribution in [3.63, 3.8) is 0 Å². The second kappa shape index (κ2) is 9.21. The predicted octanol–water partition coefficient (Wildman–Crippen LogP) is 2.98. The summed E-state index contributed by atoms with van der Waals surface area (Å²) >= 11 is 0. The highest BCUT2D eigenvalue weighted by Gasteiger charge is 2.26. The molecular weight excluding hydrogens is 434 g/mol. The Bertz CT molecular complexity index is 1270. The van der Waals surface area contributed by atoms with Gasteiger partial charge < -0.3 is 19.7 Å². The van der Waals surface area contributed by atoms with E-state index in [4.69, 9.17) is 9.72 Å². The fourth-order valence-electron chi connectivity index (χ4n) is 5.25. The Morgan fingerprint density at radius 1 is 1.15 bits per heavy atom. The second-order valence-electron chi connectivity index (χ2n) is 9.40. The Kier molecular flexibility index (Phi) is 6.12. The number of aromatic nitrogens is 4. The van der Waals surface area contributed by atoms with Crippen LogP contribution >= 0.6 is 0 Å². The number of carbonyl (C=O) groups is 1. The van der Waals surface area contributed by atoms with Crippen molar-refractivity contribution in [1.29, 1.82) is 0 Å². The van der Waals surface area contributed by atoms with Crippen molar-refractivity contribution in [3.8, 4) is 17.1 Å². The summed E-state index contributed by atoms with van der Waals surface area (Å²) in [5.41, 5.74) is 2.29. The highest BCUT2D eigenvalue weighted by Crippen LogP contribution is 2.35. The summed E-state index contributed by atoms with van der Waals surface area (Å²) in [6.45, 7) is 1.05. The number of rotatable bonds is 4. The normalized spacial score (nSPS) is 17.9. The molecule has 5 rings (SSSR count). The molecule has 9 nitrogen and oxygen atoms in total. The molecule has 1 aliphatic heterocycles. The number of likely N-dealkylation sites (tertiary alicyclic amines) is 1. The number of hydrogen-bond donors (Lipinski definition) is 2. The molecule has 0 unspecified atom stereocenters. The molecule has 34 heavy (non-hydrogen) atoms. The van der Waals surface area contributed by atoms with Crippen LogP contribution in [0.5, 0.6) is 5.75 Å². The molecule has 2 aromatic heterocycles. The number of aliphatic hydroxyl groups is 1. The number of piperidine rings is 1. The number of aryl methyl sites for hydroxylation is 1. The lowest BCUT2D eigenvalue weighted by molar-refractivity contribution is 0.0546. The van der Waals surface area contributed by atoms with Crippen molar-refractivity contribution >= 4 is 16.9 Å². The van der Waals surface area contributed by atoms with Crippen LogP contribution in [0.3, 0.4) is 0 Å². The van der Waals surface area contributed by atoms with Crippen LogP contribution in [0.1, 0.15) is 66.9 Å². The van der Waals surface area contributed by atoms with Crippen LogP contribution in [0, 0.1) is 0 Å². The minimum Gasteiger partial charge on any atom is -0.496 e. The zero-order valence-corrected chi connectivity index (χ0v) is 19.7. The second-order valence-corrected chi connectivity index (χ2v) is 9.40. The van der Waals surface area contributed by atoms with Gasteiger partial charge in [-0.05, 0) is 43.9 Å². The van der Waals surface area contributed by atoms with E-state index < -0.39 is 0 Å². The molecule has 3 aromatic rings. The number of aromatic amines is 1. The van der Waals surface area contributed by atoms with E-state index >= 15 is 0 Å². The van der Waals surface area contributed by atoms with Crippen molar-refractivity contribution in [1.82, 2.24) is 24.6 Å². The quantitative estimate of drug-likeness (QED) is 0.612. The number of benzene rings is 1. The fourth-order valence-corrected chi connectivity index (χ4v) is 5.25. The van der Waals surface area contributed by atoms with Crippen LogP contribution in [0.15, 0.2) is 23.0 Å². The van der Waals surface area contributed by atoms with Gasteiger partial charge in [-0.1, -0.05) is 19.3 Å². The summed E-state index contributed by atoms with van der Waals surface area (Å²) in [7, 11) is 3.35. The van der Waals surface area contributed by atoms with Gasteiger partial charge in [0.2, 0.25) is 0 Å². The van der Waals surface area contributed by atoms with E-state index in [1.54, 1.807) is 27.8 Å². The van der Waals surface area contributed by atoms with E-state index in [1.165, 1.54) is 13.5 Å². The maximum Gasteiger partial charge on any atom is 0.262 e. The van der Waals surface area contributed by atoms with E-state index in [0.29, 0.717) is 65.6 Å². The minimum atomic E-state index is -0.343. The summed E-state index contributed by atoms with van der Waals surface area (Å²) in [5, 5.41) is 15.0. The fraction of sp³-hybridized carbons (Fsp3) is 0.520. The molecule has 0 spiro atoms. The molecule has 0 bridgehead atoms. The standard InChI is InChI=1S/C25H31N5O4/c1-29-23-20(21(28-29)15-6-4-3-5-7-15)24(32)27-22(26-23)18-9-8-16(14-19(18)34-2)25(33)30-12-10-17(31)11-13-30/h8-9,14-15,17,31H,3-7,10-13H2,1-2H3,(H,26,27,32). The number of aliphatic hydroxyl groups excluding tert-OH is 1. The third kappa shape index (κ3) is 4.09. The zero-order valence-electron chi connectivity index (χ0n) is 19.7. The topological polar surface area (TPSA) is 113 Å². The average molecular weight is 466 g/mol. The minimum absolute atomic E-state index is 0.0996. The number of nitrogens with one attached hydrogen (secondary N) is 1. The lowest BCUT2D eigenvalue weighted by Gasteiger charge is -2.29. The maximum absolute atomic E-state index is 13.2. The van der Waals surface area contributed by atoms with E-state index in [0.717, 1.165) is 31.4 Å². The Balaban J connectivity index is 1.50. The number of amides is 1. The largest absolute Gasteiger partial charge is 0.496 e. The van der Waals surface area contributed by atoms with Gasteiger partial charge in [-0.15, -0.1) is 0 Å². The van der Waals surface area contributed by atoms with Crippen LogP contribution < -0.4 is 10.3 Å². The molecule has 0 radical (unpaired) electrons. The van der Waals surface area contributed by atoms with Crippen LogP contribution in [0.25, 0.3) is 22.4 Å². The predicted molar refractivity (Wildman–Crippen MR) is 128 cm³/mol. The average Bonchev–Trinajstić information content (AvgIpc) is 3.21. The molecule has 1 saturated carbocycles. The number of nitrogens with zero attached hydrogens (tertiary/aromatic N) is 4. The molecular formula is C25H31N5O4. The molecule has 1 aliphatic carbocycles. The van der Waals surface area contributed by atoms with Crippen molar-refractivity contribution < 1.29 is 14.6 Å². The maximum atomic E-state index is 13.2. The highest BCUT2D eigenvalue weighted by molar-refractivity contribution is 5.95. The van der Waals surface area contributed by atoms with Crippen LogP contribution in [-0.4, -0.2) is 62.0 Å². The molecule has 1 saturated heterocycles. The van der Waals surface area contributed by atoms with Crippen molar-refractivity contribution in [2.45, 2.75) is 57.0 Å². The Hall–Kier alpha value is -3.20. The van der Waals surface area contributed by atoms with Gasteiger partial charge in [0.05, 0.1) is 24.5 Å². The number of hydrogen-bond acceptors (Lipinski definition) is 6. The first-order chi connectivity index (χ1) is 16.5. The summed E-state index contributed by atoms with van der Waals surface area (Å²) in [6, 6.07) is 5.17. The summed E-state index contributed by atoms with van der Waals surface area (Å²) in [4.78, 5) is 35.6. The lowest BCUT2D eigenvalue weighted by Crippen LogP contribution is -2.40. The Labute approximate surface area is 197 Å². The zero-order chi connectivity index (χ0) is 23.8. The van der Waals surface area contributed by atoms with E-state index in [2.05, 4.69) is 10.1 Å². The molecule has 0 atom stereocenters. The Morgan fingerprint density at radius 2 is 1.88 bits per heavy atom. The van der Waals surface area contributed by atoms with Crippen molar-refractivity contribution in [2.24, 2.45) is 7.05 Å². The first kappa shape index (κ1) is 22.6. The first-order valence-electron chi connectivity index (χ1n) is 12.1. The summed E-state index contributed by atoms with van der Waals surface area (Å²) < 4.78 is 7.27. The van der Waals surface area contributed by atoms with Gasteiger partial charge in [0, 0.05) is 31.6 Å². The van der Waals surface area contributed by atoms with E-state index in [9.17, 15) is 14.7 Å². The van der Waals surface area contributed by atoms with Gasteiger partial charge in [-0.2, -0.15) is 5.10 Å². The van der Waals surface area contributed by atoms with Crippen LogP contribution in [0.2, 0.25) is 0 Å². The van der Waals surface area contributed by atoms with E-state index in [-0.39, 0.29) is 17.6 Å². The van der Waals surface area contributed by atoms with E-state index in [1.807, 2.05) is 7.05 Å². The molecule has 3 heterocycles. The molecule has 1 aromatic carbocycles. The first-order valence-corrected chi connectivity index (χ1v) is 12.1. The lowest BCUT2D eigenvalue weighted by atomic mass is 9.86. The van der Waals surface area contributed by atoms with Gasteiger partial charge >= 0.3 is 0 Å². The number of methoxy groups -OCH3 is 1. The summed E-state index contributed by atoms with van der Waals surface area (Å²) in [5.74, 6) is 1.03. The third-order valence-corrected chi connectivity index (χ3v) is 7.17. The molecule has 2 N–H and O–H groups in total. The molecule has 9 heteroatoms. The van der Waals surface area contributed by atoms with Crippen molar-refractivity contribution in [2.75, 3.05) is 20.2 Å². The van der Waals surface area contributed by atoms with Gasteiger partial charge in [0.1, 0.15) is 17.0 Å². The number of ether oxygens (including phenoxy) is 1. The highest BCUT2D eigenvalue weighted by atomic mass is 16.5. The van der Waals surface area contributed by atoms with Gasteiger partial charge in [-0.25, -0.2) is 9.67 Å². The van der Waals surface area contributed by atoms with Gasteiger partial charge in [0.25, 0.3) is 11.5 Å². The summed E-state index contributed by atoms with van der Waals surface area (Å²) in [6.07, 6.45) is 6.47. The molecule has 2 aliphatic rings. The SMILES string of the molecule is COc1cc(C(=O)N2CCC(O)CC2)ccc1-c1nc2c(c(C3CCCCC3)nn2C)c(=O)[nH]1. The van der Waals surface area contributed by atoms with Crippen LogP contribution in [-0.2, 0) is 7.05 Å². The van der Waals surface area contributed by atoms with Gasteiger partial charge in [0.15, 0.2) is 5.65 Å². The smallest absolute Gasteiger partial charge is 0.262 e. The Morgan fingerprint density at radius 3 is 2.59 bits per heavy atom. The number of H-pyrrole nitrogens is 1. The third-order valence-electron chi connectivity index (χ3n) is 7.17. The number of carbonyl (C=O) groups excluding carboxylic acids is 1. The molecule has 2 fully saturated rings. The molecule has 180 valence electrons. The monoisotopic (exact) mass is 465 g/mol. The van der Waals surface area contributed by atoms with Gasteiger partial charge in [-0.3, -0.25) is 9.59 Å².